The van der Waals surface area contributed by atoms with Crippen LogP contribution in [0.1, 0.15) is 89.4 Å². The molecule has 4 fully saturated rings. The van der Waals surface area contributed by atoms with E-state index >= 15 is 0 Å². The number of benzene rings is 2. The molecule has 2 aromatic carbocycles. The molecule has 6 aliphatic carbocycles. The first kappa shape index (κ1) is 27.5. The summed E-state index contributed by atoms with van der Waals surface area (Å²) in [7, 11) is 0. The molecular weight excluding hydrogens is 618 g/mol. The molecule has 4 bridgehead atoms. The van der Waals surface area contributed by atoms with Crippen LogP contribution in [0, 0.1) is 11.8 Å². The maximum absolute atomic E-state index is 14.0. The molecule has 3 aromatic rings. The third kappa shape index (κ3) is 2.84. The van der Waals surface area contributed by atoms with Crippen molar-refractivity contribution in [3.63, 3.8) is 0 Å². The van der Waals surface area contributed by atoms with Gasteiger partial charge in [0.1, 0.15) is 11.7 Å². The number of ether oxygens (including phenoxy) is 2. The molecule has 9 heteroatoms. The number of phenols is 2. The molecule has 2 spiro atoms. The normalized spacial score (nSPS) is 41.3. The molecule has 2 saturated heterocycles. The Morgan fingerprint density at radius 3 is 2.04 bits per heavy atom. The number of aromatic amines is 1. The number of nitrogens with zero attached hydrogens (tertiary/aromatic N) is 2. The van der Waals surface area contributed by atoms with Gasteiger partial charge in [-0.25, -0.2) is 0 Å². The SMILES string of the molecule is Oc1ccc2c3c1OC1c4[nH]c5c(c4C[C@@]4(O)C(C2)N(CC2CC2)CC[C@]314)[C@@]1(O)C2Cc3ccc(O)c4c3[C@@]1(CCN2CC1CC1)C(C5)O4. The number of aromatic hydroxyl groups is 2. The van der Waals surface area contributed by atoms with Gasteiger partial charge in [-0.05, 0) is 105 Å². The summed E-state index contributed by atoms with van der Waals surface area (Å²) in [4.78, 5) is 9.02. The lowest BCUT2D eigenvalue weighted by Gasteiger charge is -2.64. The van der Waals surface area contributed by atoms with Crippen molar-refractivity contribution >= 4 is 0 Å². The first-order valence-electron chi connectivity index (χ1n) is 19.0. The molecule has 8 atom stereocenters. The molecule has 9 nitrogen and oxygen atoms in total. The lowest BCUT2D eigenvalue weighted by Crippen LogP contribution is -2.75. The number of nitrogens with one attached hydrogen (secondary N) is 1. The Labute approximate surface area is 284 Å². The van der Waals surface area contributed by atoms with Crippen LogP contribution in [-0.4, -0.2) is 85.2 Å². The van der Waals surface area contributed by atoms with Crippen LogP contribution in [0.15, 0.2) is 24.3 Å². The van der Waals surface area contributed by atoms with Crippen molar-refractivity contribution in [2.24, 2.45) is 11.8 Å². The van der Waals surface area contributed by atoms with Crippen LogP contribution in [0.3, 0.4) is 0 Å². The predicted octanol–water partition coefficient (Wildman–Crippen LogP) is 3.61. The molecule has 5 heterocycles. The molecule has 1 aromatic heterocycles. The van der Waals surface area contributed by atoms with Gasteiger partial charge in [-0.2, -0.15) is 0 Å². The van der Waals surface area contributed by atoms with Crippen LogP contribution in [0.4, 0.5) is 0 Å². The molecule has 49 heavy (non-hydrogen) atoms. The fourth-order valence-electron chi connectivity index (χ4n) is 13.4. The number of fused-ring (bicyclic) bond motifs is 4. The number of piperidine rings is 2. The van der Waals surface area contributed by atoms with Gasteiger partial charge in [0, 0.05) is 60.4 Å². The molecule has 5 N–H and O–H groups in total. The van der Waals surface area contributed by atoms with E-state index in [1.807, 2.05) is 0 Å². The number of phenolic OH excluding ortho intramolecular Hbond substituents is 2. The lowest BCUT2D eigenvalue weighted by molar-refractivity contribution is -0.184. The Hall–Kier alpha value is -3.24. The number of likely N-dealkylation sites (tertiary alicyclic amines) is 2. The minimum absolute atomic E-state index is 0.0740. The van der Waals surface area contributed by atoms with Crippen LogP contribution in [0.25, 0.3) is 0 Å². The van der Waals surface area contributed by atoms with Gasteiger partial charge in [0.15, 0.2) is 29.1 Å². The zero-order valence-corrected chi connectivity index (χ0v) is 27.7. The molecule has 2 saturated carbocycles. The summed E-state index contributed by atoms with van der Waals surface area (Å²) in [6.45, 7) is 3.80. The maximum Gasteiger partial charge on any atom is 0.166 e. The predicted molar refractivity (Wildman–Crippen MR) is 177 cm³/mol. The highest BCUT2D eigenvalue weighted by molar-refractivity contribution is 5.69. The van der Waals surface area contributed by atoms with E-state index < -0.39 is 28.1 Å². The smallest absolute Gasteiger partial charge is 0.166 e. The van der Waals surface area contributed by atoms with E-state index in [1.54, 1.807) is 12.1 Å². The molecule has 4 aliphatic heterocycles. The minimum atomic E-state index is -1.27. The summed E-state index contributed by atoms with van der Waals surface area (Å²) in [6, 6.07) is 7.46. The van der Waals surface area contributed by atoms with Gasteiger partial charge in [-0.1, -0.05) is 12.1 Å². The number of H-pyrrole nitrogens is 1. The minimum Gasteiger partial charge on any atom is -0.504 e. The fourth-order valence-corrected chi connectivity index (χ4v) is 13.4. The van der Waals surface area contributed by atoms with Crippen molar-refractivity contribution < 1.29 is 29.9 Å². The number of hydrogen-bond donors (Lipinski definition) is 5. The third-order valence-corrected chi connectivity index (χ3v) is 15.7. The van der Waals surface area contributed by atoms with Crippen LogP contribution >= 0.6 is 0 Å². The average Bonchev–Trinajstić information content (AvgIpc) is 3.97. The first-order valence-corrected chi connectivity index (χ1v) is 19.0. The van der Waals surface area contributed by atoms with E-state index in [1.165, 1.54) is 36.8 Å². The second-order valence-corrected chi connectivity index (χ2v) is 17.7. The molecular formula is C40H43N3O6. The van der Waals surface area contributed by atoms with Crippen LogP contribution in [0.2, 0.25) is 0 Å². The van der Waals surface area contributed by atoms with E-state index in [9.17, 15) is 20.4 Å². The van der Waals surface area contributed by atoms with Crippen LogP contribution < -0.4 is 9.47 Å². The summed E-state index contributed by atoms with van der Waals surface area (Å²) < 4.78 is 13.7. The van der Waals surface area contributed by atoms with E-state index in [2.05, 4.69) is 26.9 Å². The van der Waals surface area contributed by atoms with Crippen LogP contribution in [0.5, 0.6) is 23.0 Å². The Kier molecular flexibility index (Phi) is 4.64. The number of aromatic nitrogens is 1. The first-order chi connectivity index (χ1) is 23.8. The molecule has 254 valence electrons. The molecule has 0 radical (unpaired) electrons. The molecule has 10 aliphatic rings. The van der Waals surface area contributed by atoms with Gasteiger partial charge in [0.2, 0.25) is 0 Å². The summed E-state index contributed by atoms with van der Waals surface area (Å²) in [6.07, 6.45) is 8.19. The third-order valence-electron chi connectivity index (χ3n) is 15.7. The van der Waals surface area contributed by atoms with Gasteiger partial charge >= 0.3 is 0 Å². The van der Waals surface area contributed by atoms with Gasteiger partial charge in [-0.3, -0.25) is 9.80 Å². The highest BCUT2D eigenvalue weighted by atomic mass is 16.5. The zero-order valence-electron chi connectivity index (χ0n) is 27.7. The Morgan fingerprint density at radius 1 is 0.735 bits per heavy atom. The van der Waals surface area contributed by atoms with Crippen molar-refractivity contribution in [3.05, 3.63) is 69.0 Å². The van der Waals surface area contributed by atoms with E-state index in [0.29, 0.717) is 42.6 Å². The van der Waals surface area contributed by atoms with E-state index in [4.69, 9.17) is 9.47 Å². The number of rotatable bonds is 4. The summed E-state index contributed by atoms with van der Waals surface area (Å²) in [5.41, 5.74) is 4.54. The zero-order chi connectivity index (χ0) is 32.4. The monoisotopic (exact) mass is 661 g/mol. The fraction of sp³-hybridized carbons (Fsp3) is 0.600. The van der Waals surface area contributed by atoms with E-state index in [-0.39, 0.29) is 29.7 Å². The van der Waals surface area contributed by atoms with Crippen molar-refractivity contribution in [1.29, 1.82) is 0 Å². The Balaban J connectivity index is 1.06. The molecule has 13 rings (SSSR count). The van der Waals surface area contributed by atoms with Crippen LogP contribution in [-0.2, 0) is 42.1 Å². The van der Waals surface area contributed by atoms with Crippen molar-refractivity contribution in [3.8, 4) is 23.0 Å². The topological polar surface area (TPSA) is 122 Å². The molecule has 0 amide bonds. The van der Waals surface area contributed by atoms with Crippen molar-refractivity contribution in [1.82, 2.24) is 14.8 Å². The van der Waals surface area contributed by atoms with Gasteiger partial charge in [0.25, 0.3) is 0 Å². The van der Waals surface area contributed by atoms with Crippen molar-refractivity contribution in [2.45, 2.75) is 111 Å². The largest absolute Gasteiger partial charge is 0.504 e. The number of aliphatic hydroxyl groups is 2. The molecule has 4 unspecified atom stereocenters. The van der Waals surface area contributed by atoms with Gasteiger partial charge in [-0.15, -0.1) is 0 Å². The Bertz CT molecular complexity index is 2050. The van der Waals surface area contributed by atoms with Gasteiger partial charge in [0.05, 0.1) is 22.1 Å². The van der Waals surface area contributed by atoms with Gasteiger partial charge < -0.3 is 34.9 Å². The highest BCUT2D eigenvalue weighted by Crippen LogP contribution is 2.72. The quantitative estimate of drug-likeness (QED) is 0.288. The number of hydrogen-bond acceptors (Lipinski definition) is 8. The lowest BCUT2D eigenvalue weighted by atomic mass is 9.46. The summed E-state index contributed by atoms with van der Waals surface area (Å²) in [5.74, 6) is 2.77. The standard InChI is InChI=1S/C40H43N3O6/c44-25-7-6-22-14-28-40(47)32-23-16-39(46)27-13-21-5-8-26(45)35-31(21)38(39,10-12-42(27)17-19-1-2-19)36(49-35)33(23)41-24(32)15-29-37(40,30(22)34(25)48-29)9-11-43(28)18-20-3-4-20/h5-8,19-20,27-29,36,41,44-47H,1-4,9-18H2/t27?,28?,29?,36?,37-,38+,39-,40+/m1/s1. The summed E-state index contributed by atoms with van der Waals surface area (Å²) in [5, 5.41) is 50.0. The maximum atomic E-state index is 14.0. The summed E-state index contributed by atoms with van der Waals surface area (Å²) >= 11 is 0. The van der Waals surface area contributed by atoms with E-state index in [0.717, 1.165) is 79.1 Å². The second-order valence-electron chi connectivity index (χ2n) is 17.7. The highest BCUT2D eigenvalue weighted by Gasteiger charge is 2.77. The second kappa shape index (κ2) is 8.28. The van der Waals surface area contributed by atoms with Crippen molar-refractivity contribution in [2.75, 3.05) is 26.2 Å². The Morgan fingerprint density at radius 2 is 1.35 bits per heavy atom. The average molecular weight is 662 g/mol.